The van der Waals surface area contributed by atoms with E-state index < -0.39 is 0 Å². The number of benzene rings is 1. The van der Waals surface area contributed by atoms with Crippen molar-refractivity contribution in [3.05, 3.63) is 35.4 Å². The third-order valence-corrected chi connectivity index (χ3v) is 3.69. The van der Waals surface area contributed by atoms with E-state index >= 15 is 0 Å². The summed E-state index contributed by atoms with van der Waals surface area (Å²) in [7, 11) is 0. The molecule has 0 heterocycles. The normalized spacial score (nSPS) is 11.2. The zero-order valence-electron chi connectivity index (χ0n) is 12.7. The standard InChI is InChI=1S/C17H30N2/c1-3-5-12-19(13-6-4-2)14-11-16-9-7-8-10-17(16)15-18/h7-10H,3-6,11-15,18H2,1-2H3. The monoisotopic (exact) mass is 262 g/mol. The van der Waals surface area contributed by atoms with Gasteiger partial charge in [0, 0.05) is 13.1 Å². The van der Waals surface area contributed by atoms with Crippen molar-refractivity contribution in [1.29, 1.82) is 0 Å². The summed E-state index contributed by atoms with van der Waals surface area (Å²) in [6, 6.07) is 8.58. The van der Waals surface area contributed by atoms with E-state index in [1.54, 1.807) is 0 Å². The predicted molar refractivity (Wildman–Crippen MR) is 84.3 cm³/mol. The zero-order chi connectivity index (χ0) is 13.9. The Morgan fingerprint density at radius 1 is 0.895 bits per heavy atom. The number of hydrogen-bond donors (Lipinski definition) is 1. The zero-order valence-corrected chi connectivity index (χ0v) is 12.7. The molecule has 0 spiro atoms. The molecule has 0 bridgehead atoms. The number of nitrogens with zero attached hydrogens (tertiary/aromatic N) is 1. The molecule has 0 aliphatic rings. The van der Waals surface area contributed by atoms with Crippen molar-refractivity contribution in [3.63, 3.8) is 0 Å². The Kier molecular flexibility index (Phi) is 8.52. The predicted octanol–water partition coefficient (Wildman–Crippen LogP) is 3.59. The molecular weight excluding hydrogens is 232 g/mol. The number of hydrogen-bond acceptors (Lipinski definition) is 2. The fourth-order valence-electron chi connectivity index (χ4n) is 2.38. The molecule has 2 heteroatoms. The Morgan fingerprint density at radius 3 is 2.00 bits per heavy atom. The first-order chi connectivity index (χ1) is 9.31. The molecule has 0 radical (unpaired) electrons. The first kappa shape index (κ1) is 16.2. The lowest BCUT2D eigenvalue weighted by Crippen LogP contribution is -2.28. The molecule has 0 fully saturated rings. The van der Waals surface area contributed by atoms with Crippen LogP contribution in [0.5, 0.6) is 0 Å². The smallest absolute Gasteiger partial charge is 0.0180 e. The van der Waals surface area contributed by atoms with Gasteiger partial charge in [-0.25, -0.2) is 0 Å². The molecule has 0 saturated carbocycles. The highest BCUT2D eigenvalue weighted by Gasteiger charge is 2.06. The fourth-order valence-corrected chi connectivity index (χ4v) is 2.38. The van der Waals surface area contributed by atoms with Gasteiger partial charge in [-0.1, -0.05) is 51.0 Å². The molecule has 0 saturated heterocycles. The summed E-state index contributed by atoms with van der Waals surface area (Å²) in [4.78, 5) is 2.61. The molecule has 0 unspecified atom stereocenters. The van der Waals surface area contributed by atoms with E-state index in [9.17, 15) is 0 Å². The van der Waals surface area contributed by atoms with Crippen molar-refractivity contribution in [2.24, 2.45) is 5.73 Å². The lowest BCUT2D eigenvalue weighted by molar-refractivity contribution is 0.268. The van der Waals surface area contributed by atoms with Crippen LogP contribution >= 0.6 is 0 Å². The molecule has 19 heavy (non-hydrogen) atoms. The van der Waals surface area contributed by atoms with Crippen molar-refractivity contribution in [1.82, 2.24) is 4.90 Å². The topological polar surface area (TPSA) is 29.3 Å². The number of unbranched alkanes of at least 4 members (excludes halogenated alkanes) is 2. The van der Waals surface area contributed by atoms with Crippen molar-refractivity contribution >= 4 is 0 Å². The summed E-state index contributed by atoms with van der Waals surface area (Å²) in [6.07, 6.45) is 6.30. The molecule has 1 aromatic carbocycles. The van der Waals surface area contributed by atoms with Crippen LogP contribution in [0.25, 0.3) is 0 Å². The molecule has 2 nitrogen and oxygen atoms in total. The molecule has 0 amide bonds. The van der Waals surface area contributed by atoms with Crippen LogP contribution in [0, 0.1) is 0 Å². The van der Waals surface area contributed by atoms with Crippen LogP contribution in [0.4, 0.5) is 0 Å². The second kappa shape index (κ2) is 9.99. The van der Waals surface area contributed by atoms with Crippen LogP contribution in [-0.4, -0.2) is 24.5 Å². The molecule has 2 N–H and O–H groups in total. The van der Waals surface area contributed by atoms with Crippen LogP contribution in [0.2, 0.25) is 0 Å². The molecule has 108 valence electrons. The first-order valence-corrected chi connectivity index (χ1v) is 7.81. The Morgan fingerprint density at radius 2 is 1.47 bits per heavy atom. The summed E-state index contributed by atoms with van der Waals surface area (Å²) >= 11 is 0. The molecular formula is C17H30N2. The summed E-state index contributed by atoms with van der Waals surface area (Å²) in [6.45, 7) is 8.82. The Labute approximate surface area is 119 Å². The van der Waals surface area contributed by atoms with Gasteiger partial charge in [0.25, 0.3) is 0 Å². The van der Waals surface area contributed by atoms with E-state index in [4.69, 9.17) is 5.73 Å². The van der Waals surface area contributed by atoms with Gasteiger partial charge in [-0.15, -0.1) is 0 Å². The third kappa shape index (κ3) is 6.22. The van der Waals surface area contributed by atoms with Crippen LogP contribution in [-0.2, 0) is 13.0 Å². The van der Waals surface area contributed by atoms with Crippen molar-refractivity contribution in [3.8, 4) is 0 Å². The SMILES string of the molecule is CCCCN(CCCC)CCc1ccccc1CN. The quantitative estimate of drug-likeness (QED) is 0.698. The van der Waals surface area contributed by atoms with E-state index in [1.807, 2.05) is 0 Å². The van der Waals surface area contributed by atoms with Gasteiger partial charge in [0.15, 0.2) is 0 Å². The van der Waals surface area contributed by atoms with E-state index in [2.05, 4.69) is 43.0 Å². The molecule has 0 atom stereocenters. The van der Waals surface area contributed by atoms with Gasteiger partial charge in [0.05, 0.1) is 0 Å². The third-order valence-electron chi connectivity index (χ3n) is 3.69. The summed E-state index contributed by atoms with van der Waals surface area (Å²) in [5.74, 6) is 0. The van der Waals surface area contributed by atoms with E-state index in [0.717, 1.165) is 13.0 Å². The summed E-state index contributed by atoms with van der Waals surface area (Å²) in [5.41, 5.74) is 8.52. The fraction of sp³-hybridized carbons (Fsp3) is 0.647. The van der Waals surface area contributed by atoms with E-state index in [1.165, 1.54) is 49.9 Å². The Balaban J connectivity index is 2.49. The minimum atomic E-state index is 0.653. The van der Waals surface area contributed by atoms with Crippen molar-refractivity contribution < 1.29 is 0 Å². The highest BCUT2D eigenvalue weighted by Crippen LogP contribution is 2.10. The van der Waals surface area contributed by atoms with Gasteiger partial charge in [-0.2, -0.15) is 0 Å². The van der Waals surface area contributed by atoms with Gasteiger partial charge in [-0.05, 0) is 43.5 Å². The maximum absolute atomic E-state index is 5.80. The van der Waals surface area contributed by atoms with Gasteiger partial charge in [-0.3, -0.25) is 0 Å². The largest absolute Gasteiger partial charge is 0.326 e. The molecule has 1 rings (SSSR count). The summed E-state index contributed by atoms with van der Waals surface area (Å²) < 4.78 is 0. The average Bonchev–Trinajstić information content (AvgIpc) is 2.46. The average molecular weight is 262 g/mol. The Bertz CT molecular complexity index is 328. The second-order valence-electron chi connectivity index (χ2n) is 5.27. The highest BCUT2D eigenvalue weighted by atomic mass is 15.1. The lowest BCUT2D eigenvalue weighted by atomic mass is 10.0. The molecule has 1 aromatic rings. The second-order valence-corrected chi connectivity index (χ2v) is 5.27. The Hall–Kier alpha value is -0.860. The minimum absolute atomic E-state index is 0.653. The van der Waals surface area contributed by atoms with Crippen LogP contribution < -0.4 is 5.73 Å². The van der Waals surface area contributed by atoms with E-state index in [0.29, 0.717) is 6.54 Å². The van der Waals surface area contributed by atoms with Gasteiger partial charge in [0.2, 0.25) is 0 Å². The van der Waals surface area contributed by atoms with Crippen molar-refractivity contribution in [2.75, 3.05) is 19.6 Å². The highest BCUT2D eigenvalue weighted by molar-refractivity contribution is 5.27. The molecule has 0 aromatic heterocycles. The lowest BCUT2D eigenvalue weighted by Gasteiger charge is -2.22. The van der Waals surface area contributed by atoms with Gasteiger partial charge in [0.1, 0.15) is 0 Å². The number of rotatable bonds is 10. The minimum Gasteiger partial charge on any atom is -0.326 e. The van der Waals surface area contributed by atoms with Crippen LogP contribution in [0.3, 0.4) is 0 Å². The first-order valence-electron chi connectivity index (χ1n) is 7.81. The summed E-state index contributed by atoms with van der Waals surface area (Å²) in [5, 5.41) is 0. The maximum Gasteiger partial charge on any atom is 0.0180 e. The van der Waals surface area contributed by atoms with Crippen LogP contribution in [0.15, 0.2) is 24.3 Å². The van der Waals surface area contributed by atoms with E-state index in [-0.39, 0.29) is 0 Å². The maximum atomic E-state index is 5.80. The number of nitrogens with two attached hydrogens (primary N) is 1. The van der Waals surface area contributed by atoms with Crippen molar-refractivity contribution in [2.45, 2.75) is 52.5 Å². The molecule has 0 aliphatic heterocycles. The van der Waals surface area contributed by atoms with Crippen LogP contribution in [0.1, 0.15) is 50.7 Å². The molecule has 0 aliphatic carbocycles. The van der Waals surface area contributed by atoms with Gasteiger partial charge < -0.3 is 10.6 Å². The van der Waals surface area contributed by atoms with Gasteiger partial charge >= 0.3 is 0 Å².